The molecule has 1 unspecified atom stereocenters. The zero-order valence-corrected chi connectivity index (χ0v) is 15.5. The van der Waals surface area contributed by atoms with Crippen LogP contribution in [0.5, 0.6) is 0 Å². The Balaban J connectivity index is 1.48. The number of nitrogens with zero attached hydrogens (tertiary/aromatic N) is 2. The van der Waals surface area contributed by atoms with Gasteiger partial charge in [-0.1, -0.05) is 37.5 Å². The average Bonchev–Trinajstić information content (AvgIpc) is 3.03. The van der Waals surface area contributed by atoms with Crippen LogP contribution in [0.3, 0.4) is 0 Å². The number of nitrogens with one attached hydrogen (secondary N) is 1. The third kappa shape index (κ3) is 4.18. The third-order valence-electron chi connectivity index (χ3n) is 5.44. The molecule has 1 N–H and O–H groups in total. The summed E-state index contributed by atoms with van der Waals surface area (Å²) in [6.07, 6.45) is 8.21. The molecule has 132 valence electrons. The van der Waals surface area contributed by atoms with E-state index in [2.05, 4.69) is 15.2 Å². The highest BCUT2D eigenvalue weighted by molar-refractivity contribution is 7.85. The molecule has 1 aliphatic carbocycles. The lowest BCUT2D eigenvalue weighted by Gasteiger charge is -2.33. The van der Waals surface area contributed by atoms with Crippen LogP contribution >= 0.6 is 0 Å². The van der Waals surface area contributed by atoms with Crippen molar-refractivity contribution in [2.75, 3.05) is 32.4 Å². The van der Waals surface area contributed by atoms with E-state index in [1.807, 2.05) is 37.4 Å². The van der Waals surface area contributed by atoms with Gasteiger partial charge in [0.15, 0.2) is 5.96 Å². The molecule has 0 amide bonds. The first-order valence-corrected chi connectivity index (χ1v) is 10.4. The van der Waals surface area contributed by atoms with Crippen LogP contribution in [-0.2, 0) is 10.8 Å². The third-order valence-corrected chi connectivity index (χ3v) is 6.81. The molecule has 1 aromatic carbocycles. The number of guanidine groups is 1. The van der Waals surface area contributed by atoms with Crippen LogP contribution in [-0.4, -0.2) is 47.5 Å². The lowest BCUT2D eigenvalue weighted by molar-refractivity contribution is 0.203. The molecule has 2 aliphatic rings. The van der Waals surface area contributed by atoms with Gasteiger partial charge in [-0.3, -0.25) is 9.20 Å². The Morgan fingerprint density at radius 2 is 1.96 bits per heavy atom. The SMILES string of the molecule is CN=C(NCCS(=O)c1ccccc1)N1CCC2(CCCCC2)C1. The lowest BCUT2D eigenvalue weighted by atomic mass is 9.73. The highest BCUT2D eigenvalue weighted by Gasteiger charge is 2.39. The summed E-state index contributed by atoms with van der Waals surface area (Å²) in [7, 11) is 0.899. The second-order valence-electron chi connectivity index (χ2n) is 7.07. The van der Waals surface area contributed by atoms with Crippen LogP contribution in [0.25, 0.3) is 0 Å². The molecule has 5 heteroatoms. The van der Waals surface area contributed by atoms with Gasteiger partial charge < -0.3 is 10.2 Å². The van der Waals surface area contributed by atoms with Crippen LogP contribution in [0.4, 0.5) is 0 Å². The normalized spacial score (nSPS) is 21.9. The second-order valence-corrected chi connectivity index (χ2v) is 8.64. The first-order valence-electron chi connectivity index (χ1n) is 9.11. The van der Waals surface area contributed by atoms with E-state index in [1.165, 1.54) is 38.5 Å². The van der Waals surface area contributed by atoms with Crippen molar-refractivity contribution in [1.82, 2.24) is 10.2 Å². The maximum absolute atomic E-state index is 12.3. The second kappa shape index (κ2) is 8.15. The van der Waals surface area contributed by atoms with Crippen LogP contribution in [0.2, 0.25) is 0 Å². The van der Waals surface area contributed by atoms with Gasteiger partial charge in [-0.2, -0.15) is 0 Å². The van der Waals surface area contributed by atoms with Gasteiger partial charge in [0.05, 0.1) is 10.8 Å². The number of likely N-dealkylation sites (tertiary alicyclic amines) is 1. The van der Waals surface area contributed by atoms with E-state index in [-0.39, 0.29) is 0 Å². The Kier molecular flexibility index (Phi) is 5.93. The number of hydrogen-bond acceptors (Lipinski definition) is 2. The maximum atomic E-state index is 12.3. The smallest absolute Gasteiger partial charge is 0.193 e. The summed E-state index contributed by atoms with van der Waals surface area (Å²) in [5, 5.41) is 3.42. The summed E-state index contributed by atoms with van der Waals surface area (Å²) in [6.45, 7) is 2.92. The molecule has 24 heavy (non-hydrogen) atoms. The predicted octanol–water partition coefficient (Wildman–Crippen LogP) is 3.03. The van der Waals surface area contributed by atoms with E-state index in [0.29, 0.717) is 17.7 Å². The van der Waals surface area contributed by atoms with Gasteiger partial charge in [0, 0.05) is 37.3 Å². The fraction of sp³-hybridized carbons (Fsp3) is 0.632. The van der Waals surface area contributed by atoms with Crippen LogP contribution < -0.4 is 5.32 Å². The van der Waals surface area contributed by atoms with Crippen molar-refractivity contribution in [3.05, 3.63) is 30.3 Å². The molecule has 2 fully saturated rings. The summed E-state index contributed by atoms with van der Waals surface area (Å²) >= 11 is 0. The Labute approximate surface area is 148 Å². The fourth-order valence-electron chi connectivity index (χ4n) is 4.10. The Morgan fingerprint density at radius 3 is 2.67 bits per heavy atom. The van der Waals surface area contributed by atoms with Crippen molar-refractivity contribution in [2.24, 2.45) is 10.4 Å². The quantitative estimate of drug-likeness (QED) is 0.673. The first kappa shape index (κ1) is 17.5. The van der Waals surface area contributed by atoms with Gasteiger partial charge in [0.1, 0.15) is 0 Å². The average molecular weight is 348 g/mol. The van der Waals surface area contributed by atoms with Crippen molar-refractivity contribution in [2.45, 2.75) is 43.4 Å². The number of benzene rings is 1. The molecule has 1 heterocycles. The van der Waals surface area contributed by atoms with Gasteiger partial charge in [-0.15, -0.1) is 0 Å². The molecule has 0 bridgehead atoms. The van der Waals surface area contributed by atoms with Gasteiger partial charge in [-0.25, -0.2) is 0 Å². The van der Waals surface area contributed by atoms with Crippen molar-refractivity contribution in [3.63, 3.8) is 0 Å². The monoisotopic (exact) mass is 347 g/mol. The largest absolute Gasteiger partial charge is 0.355 e. The van der Waals surface area contributed by atoms with Crippen molar-refractivity contribution >= 4 is 16.8 Å². The number of rotatable bonds is 4. The van der Waals surface area contributed by atoms with E-state index >= 15 is 0 Å². The zero-order valence-electron chi connectivity index (χ0n) is 14.7. The lowest BCUT2D eigenvalue weighted by Crippen LogP contribution is -2.42. The summed E-state index contributed by atoms with van der Waals surface area (Å²) < 4.78 is 12.3. The first-order chi connectivity index (χ1) is 11.7. The minimum Gasteiger partial charge on any atom is -0.355 e. The zero-order chi connectivity index (χ0) is 16.8. The molecule has 1 spiro atoms. The number of aliphatic imine (C=N–C) groups is 1. The van der Waals surface area contributed by atoms with E-state index in [9.17, 15) is 4.21 Å². The van der Waals surface area contributed by atoms with Gasteiger partial charge in [0.25, 0.3) is 0 Å². The molecular formula is C19H29N3OS. The fourth-order valence-corrected chi connectivity index (χ4v) is 5.09. The molecule has 3 rings (SSSR count). The van der Waals surface area contributed by atoms with Crippen molar-refractivity contribution in [1.29, 1.82) is 0 Å². The van der Waals surface area contributed by atoms with Crippen molar-refractivity contribution < 1.29 is 4.21 Å². The minimum absolute atomic E-state index is 0.530. The maximum Gasteiger partial charge on any atom is 0.193 e. The molecular weight excluding hydrogens is 318 g/mol. The van der Waals surface area contributed by atoms with Gasteiger partial charge >= 0.3 is 0 Å². The molecule has 1 aliphatic heterocycles. The molecule has 1 saturated heterocycles. The van der Waals surface area contributed by atoms with E-state index in [4.69, 9.17) is 0 Å². The van der Waals surface area contributed by atoms with Crippen LogP contribution in [0.15, 0.2) is 40.2 Å². The molecule has 0 radical (unpaired) electrons. The van der Waals surface area contributed by atoms with E-state index in [0.717, 1.165) is 23.9 Å². The highest BCUT2D eigenvalue weighted by Crippen LogP contribution is 2.43. The van der Waals surface area contributed by atoms with E-state index in [1.54, 1.807) is 0 Å². The van der Waals surface area contributed by atoms with Gasteiger partial charge in [-0.05, 0) is 36.8 Å². The van der Waals surface area contributed by atoms with E-state index < -0.39 is 10.8 Å². The minimum atomic E-state index is -0.950. The highest BCUT2D eigenvalue weighted by atomic mass is 32.2. The Morgan fingerprint density at radius 1 is 1.21 bits per heavy atom. The summed E-state index contributed by atoms with van der Waals surface area (Å²) in [5.41, 5.74) is 0.530. The molecule has 0 aromatic heterocycles. The molecule has 1 atom stereocenters. The standard InChI is InChI=1S/C19H29N3OS/c1-20-18(21-13-15-24(23)17-8-4-2-5-9-17)22-14-12-19(16-22)10-6-3-7-11-19/h2,4-5,8-9H,3,6-7,10-16H2,1H3,(H,20,21). The summed E-state index contributed by atoms with van der Waals surface area (Å²) in [5.74, 6) is 1.59. The van der Waals surface area contributed by atoms with Crippen LogP contribution in [0.1, 0.15) is 38.5 Å². The summed E-state index contributed by atoms with van der Waals surface area (Å²) in [4.78, 5) is 7.75. The number of hydrogen-bond donors (Lipinski definition) is 1. The molecule has 4 nitrogen and oxygen atoms in total. The Bertz CT molecular complexity index is 582. The Hall–Kier alpha value is -1.36. The molecule has 1 saturated carbocycles. The molecule has 1 aromatic rings. The topological polar surface area (TPSA) is 44.7 Å². The van der Waals surface area contributed by atoms with Gasteiger partial charge in [0.2, 0.25) is 0 Å². The summed E-state index contributed by atoms with van der Waals surface area (Å²) in [6, 6.07) is 9.69. The van der Waals surface area contributed by atoms with Crippen LogP contribution in [0, 0.1) is 5.41 Å². The predicted molar refractivity (Wildman–Crippen MR) is 101 cm³/mol. The van der Waals surface area contributed by atoms with Crippen molar-refractivity contribution in [3.8, 4) is 0 Å².